The Kier molecular flexibility index (Phi) is 6.62. The number of ether oxygens (including phenoxy) is 1. The van der Waals surface area contributed by atoms with Crippen LogP contribution in [0.3, 0.4) is 0 Å². The lowest BCUT2D eigenvalue weighted by atomic mass is 10.1. The van der Waals surface area contributed by atoms with Crippen LogP contribution in [0.5, 0.6) is 5.75 Å². The number of amides is 1. The van der Waals surface area contributed by atoms with Gasteiger partial charge in [-0.25, -0.2) is 0 Å². The Balaban J connectivity index is 0.00000225. The summed E-state index contributed by atoms with van der Waals surface area (Å²) in [6.07, 6.45) is 2.71. The van der Waals surface area contributed by atoms with Crippen LogP contribution >= 0.6 is 12.4 Å². The van der Waals surface area contributed by atoms with E-state index in [1.807, 2.05) is 73.6 Å². The Bertz CT molecular complexity index is 744. The zero-order valence-corrected chi connectivity index (χ0v) is 15.3. The Labute approximate surface area is 155 Å². The molecule has 0 bridgehead atoms. The lowest BCUT2D eigenvalue weighted by Crippen LogP contribution is -2.38. The maximum absolute atomic E-state index is 12.9. The van der Waals surface area contributed by atoms with Crippen LogP contribution < -0.4 is 9.64 Å². The summed E-state index contributed by atoms with van der Waals surface area (Å²) in [4.78, 5) is 16.8. The molecule has 0 saturated heterocycles. The molecule has 1 aliphatic heterocycles. The number of halogens is 1. The summed E-state index contributed by atoms with van der Waals surface area (Å²) in [6, 6.07) is 17.5. The SMILES string of the molecule is CN(C)CCCN1C(=O)/C(=C/c2ccccc2)Oc2ccccc21.Cl. The summed E-state index contributed by atoms with van der Waals surface area (Å²) in [5.41, 5.74) is 1.79. The van der Waals surface area contributed by atoms with Gasteiger partial charge in [-0.2, -0.15) is 0 Å². The number of hydrogen-bond acceptors (Lipinski definition) is 3. The van der Waals surface area contributed by atoms with Crippen LogP contribution in [-0.2, 0) is 4.79 Å². The second-order valence-electron chi connectivity index (χ2n) is 6.10. The molecule has 5 heteroatoms. The molecule has 3 rings (SSSR count). The first-order chi connectivity index (χ1) is 11.6. The Morgan fingerprint density at radius 1 is 1.04 bits per heavy atom. The van der Waals surface area contributed by atoms with Gasteiger partial charge in [0.1, 0.15) is 0 Å². The van der Waals surface area contributed by atoms with Crippen molar-refractivity contribution in [3.63, 3.8) is 0 Å². The molecule has 0 aromatic heterocycles. The van der Waals surface area contributed by atoms with Gasteiger partial charge < -0.3 is 14.5 Å². The second kappa shape index (κ2) is 8.70. The summed E-state index contributed by atoms with van der Waals surface area (Å²) in [6.45, 7) is 1.61. The summed E-state index contributed by atoms with van der Waals surface area (Å²) in [5.74, 6) is 1.00. The van der Waals surface area contributed by atoms with E-state index >= 15 is 0 Å². The van der Waals surface area contributed by atoms with E-state index in [-0.39, 0.29) is 18.3 Å². The molecule has 1 aliphatic rings. The highest BCUT2D eigenvalue weighted by atomic mass is 35.5. The molecule has 0 unspecified atom stereocenters. The molecule has 0 radical (unpaired) electrons. The van der Waals surface area contributed by atoms with Gasteiger partial charge in [-0.1, -0.05) is 42.5 Å². The van der Waals surface area contributed by atoms with Crippen molar-refractivity contribution in [2.45, 2.75) is 6.42 Å². The van der Waals surface area contributed by atoms with E-state index in [9.17, 15) is 4.79 Å². The third-order valence-corrected chi connectivity index (χ3v) is 3.92. The largest absolute Gasteiger partial charge is 0.449 e. The fraction of sp³-hybridized carbons (Fsp3) is 0.250. The molecule has 0 spiro atoms. The molecule has 4 nitrogen and oxygen atoms in total. The van der Waals surface area contributed by atoms with Crippen molar-refractivity contribution in [2.24, 2.45) is 0 Å². The lowest BCUT2D eigenvalue weighted by Gasteiger charge is -2.30. The number of rotatable bonds is 5. The van der Waals surface area contributed by atoms with Crippen LogP contribution in [0.4, 0.5) is 5.69 Å². The third-order valence-electron chi connectivity index (χ3n) is 3.92. The minimum absolute atomic E-state index is 0. The van der Waals surface area contributed by atoms with E-state index in [2.05, 4.69) is 4.90 Å². The number of carbonyl (C=O) groups is 1. The summed E-state index contributed by atoms with van der Waals surface area (Å²) in [5, 5.41) is 0. The van der Waals surface area contributed by atoms with E-state index in [0.29, 0.717) is 12.3 Å². The van der Waals surface area contributed by atoms with Crippen molar-refractivity contribution >= 4 is 30.1 Å². The first-order valence-electron chi connectivity index (χ1n) is 8.15. The highest BCUT2D eigenvalue weighted by Crippen LogP contribution is 2.35. The number of nitrogens with zero attached hydrogens (tertiary/aromatic N) is 2. The summed E-state index contributed by atoms with van der Waals surface area (Å²) < 4.78 is 5.87. The van der Waals surface area contributed by atoms with Crippen molar-refractivity contribution in [3.05, 3.63) is 65.9 Å². The van der Waals surface area contributed by atoms with E-state index in [1.54, 1.807) is 6.08 Å². The van der Waals surface area contributed by atoms with Crippen LogP contribution in [0.2, 0.25) is 0 Å². The van der Waals surface area contributed by atoms with Gasteiger partial charge >= 0.3 is 0 Å². The van der Waals surface area contributed by atoms with Crippen LogP contribution in [-0.4, -0.2) is 38.0 Å². The molecule has 0 N–H and O–H groups in total. The predicted octanol–water partition coefficient (Wildman–Crippen LogP) is 3.83. The quantitative estimate of drug-likeness (QED) is 0.761. The van der Waals surface area contributed by atoms with Crippen molar-refractivity contribution < 1.29 is 9.53 Å². The topological polar surface area (TPSA) is 32.8 Å². The molecule has 1 amide bonds. The highest BCUT2D eigenvalue weighted by molar-refractivity contribution is 6.09. The average molecular weight is 359 g/mol. The highest BCUT2D eigenvalue weighted by Gasteiger charge is 2.29. The summed E-state index contributed by atoms with van der Waals surface area (Å²) in [7, 11) is 4.08. The molecular formula is C20H23ClN2O2. The zero-order valence-electron chi connectivity index (χ0n) is 14.5. The molecule has 1 heterocycles. The molecule has 0 fully saturated rings. The fourth-order valence-electron chi connectivity index (χ4n) is 2.73. The van der Waals surface area contributed by atoms with Crippen molar-refractivity contribution in [1.82, 2.24) is 4.90 Å². The molecule has 132 valence electrons. The number of carbonyl (C=O) groups excluding carboxylic acids is 1. The molecule has 2 aromatic rings. The normalized spacial score (nSPS) is 14.9. The second-order valence-corrected chi connectivity index (χ2v) is 6.10. The van der Waals surface area contributed by atoms with Gasteiger partial charge in [0.2, 0.25) is 0 Å². The smallest absolute Gasteiger partial charge is 0.294 e. The van der Waals surface area contributed by atoms with Crippen LogP contribution in [0.15, 0.2) is 60.4 Å². The number of hydrogen-bond donors (Lipinski definition) is 0. The monoisotopic (exact) mass is 358 g/mol. The number of para-hydroxylation sites is 2. The van der Waals surface area contributed by atoms with Crippen LogP contribution in [0, 0.1) is 0 Å². The number of anilines is 1. The van der Waals surface area contributed by atoms with Gasteiger partial charge in [-0.15, -0.1) is 12.4 Å². The standard InChI is InChI=1S/C20H22N2O2.ClH/c1-21(2)13-8-14-22-17-11-6-7-12-18(17)24-19(20(22)23)15-16-9-4-3-5-10-16;/h3-7,9-12,15H,8,13-14H2,1-2H3;1H/b19-15-;. The van der Waals surface area contributed by atoms with Crippen LogP contribution in [0.25, 0.3) is 6.08 Å². The predicted molar refractivity (Wildman–Crippen MR) is 104 cm³/mol. The summed E-state index contributed by atoms with van der Waals surface area (Å²) >= 11 is 0. The fourth-order valence-corrected chi connectivity index (χ4v) is 2.73. The van der Waals surface area contributed by atoms with E-state index in [4.69, 9.17) is 4.74 Å². The van der Waals surface area contributed by atoms with Gasteiger partial charge in [0.05, 0.1) is 5.69 Å². The van der Waals surface area contributed by atoms with Gasteiger partial charge in [0.25, 0.3) is 5.91 Å². The van der Waals surface area contributed by atoms with Gasteiger partial charge in [0.15, 0.2) is 11.5 Å². The van der Waals surface area contributed by atoms with Crippen molar-refractivity contribution in [1.29, 1.82) is 0 Å². The molecule has 0 aliphatic carbocycles. The molecule has 2 aromatic carbocycles. The maximum atomic E-state index is 12.9. The van der Waals surface area contributed by atoms with Crippen LogP contribution in [0.1, 0.15) is 12.0 Å². The Morgan fingerprint density at radius 3 is 2.44 bits per heavy atom. The minimum Gasteiger partial charge on any atom is -0.449 e. The molecule has 0 atom stereocenters. The molecular weight excluding hydrogens is 336 g/mol. The van der Waals surface area contributed by atoms with Gasteiger partial charge in [-0.05, 0) is 50.8 Å². The zero-order chi connectivity index (χ0) is 16.9. The first-order valence-corrected chi connectivity index (χ1v) is 8.15. The average Bonchev–Trinajstić information content (AvgIpc) is 2.58. The minimum atomic E-state index is -0.0868. The first kappa shape index (κ1) is 19.0. The Morgan fingerprint density at radius 2 is 1.72 bits per heavy atom. The van der Waals surface area contributed by atoms with E-state index in [0.717, 1.165) is 30.0 Å². The third kappa shape index (κ3) is 4.62. The van der Waals surface area contributed by atoms with Crippen molar-refractivity contribution in [2.75, 3.05) is 32.1 Å². The van der Waals surface area contributed by atoms with E-state index < -0.39 is 0 Å². The van der Waals surface area contributed by atoms with Gasteiger partial charge in [-0.3, -0.25) is 4.79 Å². The molecule has 25 heavy (non-hydrogen) atoms. The van der Waals surface area contributed by atoms with E-state index in [1.165, 1.54) is 0 Å². The number of benzene rings is 2. The molecule has 0 saturated carbocycles. The Hall–Kier alpha value is -2.30. The number of fused-ring (bicyclic) bond motifs is 1. The lowest BCUT2D eigenvalue weighted by molar-refractivity contribution is -0.117. The van der Waals surface area contributed by atoms with Gasteiger partial charge in [0, 0.05) is 6.54 Å². The van der Waals surface area contributed by atoms with Crippen molar-refractivity contribution in [3.8, 4) is 5.75 Å². The maximum Gasteiger partial charge on any atom is 0.294 e.